The van der Waals surface area contributed by atoms with Gasteiger partial charge in [-0.05, 0) is 36.6 Å². The molecule has 9 heteroatoms. The highest BCUT2D eigenvalue weighted by atomic mass is 19.1. The highest BCUT2D eigenvalue weighted by Gasteiger charge is 2.23. The fourth-order valence-electron chi connectivity index (χ4n) is 3.79. The third-order valence-electron chi connectivity index (χ3n) is 5.45. The summed E-state index contributed by atoms with van der Waals surface area (Å²) in [5.41, 5.74) is 1.59. The molecule has 32 heavy (non-hydrogen) atoms. The maximum absolute atomic E-state index is 13.4. The van der Waals surface area contributed by atoms with Crippen molar-refractivity contribution in [1.29, 1.82) is 0 Å². The van der Waals surface area contributed by atoms with Crippen molar-refractivity contribution in [3.63, 3.8) is 0 Å². The number of aromatic carboxylic acids is 1. The van der Waals surface area contributed by atoms with Gasteiger partial charge in [0.2, 0.25) is 0 Å². The van der Waals surface area contributed by atoms with Crippen LogP contribution in [0.4, 0.5) is 4.39 Å². The Morgan fingerprint density at radius 3 is 2.62 bits per heavy atom. The Balaban J connectivity index is 1.68. The minimum Gasteiger partial charge on any atom is -0.493 e. The molecule has 0 atom stereocenters. The number of rotatable bonds is 8. The maximum Gasteiger partial charge on any atom is 0.354 e. The number of hydrogen-bond acceptors (Lipinski definition) is 6. The molecule has 2 aromatic heterocycles. The van der Waals surface area contributed by atoms with E-state index in [1.165, 1.54) is 18.2 Å². The van der Waals surface area contributed by atoms with E-state index in [2.05, 4.69) is 15.0 Å². The van der Waals surface area contributed by atoms with Gasteiger partial charge in [0.25, 0.3) is 0 Å². The Hall–Kier alpha value is -3.04. The molecule has 3 heterocycles. The quantitative estimate of drug-likeness (QED) is 0.534. The van der Waals surface area contributed by atoms with E-state index in [1.807, 2.05) is 13.8 Å². The van der Waals surface area contributed by atoms with Crippen molar-refractivity contribution in [1.82, 2.24) is 19.7 Å². The molecular formula is C23H27FN4O4. The maximum atomic E-state index is 13.4. The molecule has 1 aliphatic heterocycles. The minimum atomic E-state index is -1.15. The normalized spacial score (nSPS) is 14.9. The van der Waals surface area contributed by atoms with Gasteiger partial charge in [0, 0.05) is 25.7 Å². The minimum absolute atomic E-state index is 0.0485. The average molecular weight is 442 g/mol. The van der Waals surface area contributed by atoms with E-state index in [1.54, 1.807) is 16.8 Å². The molecule has 0 radical (unpaired) electrons. The van der Waals surface area contributed by atoms with Crippen LogP contribution in [-0.2, 0) is 4.74 Å². The van der Waals surface area contributed by atoms with Gasteiger partial charge in [-0.1, -0.05) is 13.8 Å². The van der Waals surface area contributed by atoms with E-state index >= 15 is 0 Å². The van der Waals surface area contributed by atoms with E-state index in [0.29, 0.717) is 29.1 Å². The first kappa shape index (κ1) is 22.2. The van der Waals surface area contributed by atoms with Gasteiger partial charge in [0.15, 0.2) is 11.3 Å². The van der Waals surface area contributed by atoms with Crippen LogP contribution in [-0.4, -0.2) is 70.2 Å². The number of fused-ring (bicyclic) bond motifs is 1. The molecule has 0 bridgehead atoms. The molecule has 0 unspecified atom stereocenters. The third kappa shape index (κ3) is 4.73. The van der Waals surface area contributed by atoms with Gasteiger partial charge in [-0.25, -0.2) is 18.9 Å². The monoisotopic (exact) mass is 442 g/mol. The number of carboxylic acid groups (broad SMARTS) is 1. The fourth-order valence-corrected chi connectivity index (χ4v) is 3.79. The molecule has 0 saturated carbocycles. The molecule has 1 saturated heterocycles. The van der Waals surface area contributed by atoms with E-state index in [4.69, 9.17) is 9.47 Å². The number of pyridine rings is 1. The lowest BCUT2D eigenvalue weighted by atomic mass is 10.1. The van der Waals surface area contributed by atoms with Crippen LogP contribution < -0.4 is 4.74 Å². The van der Waals surface area contributed by atoms with Crippen LogP contribution >= 0.6 is 0 Å². The molecule has 170 valence electrons. The summed E-state index contributed by atoms with van der Waals surface area (Å²) < 4.78 is 26.5. The van der Waals surface area contributed by atoms with E-state index in [-0.39, 0.29) is 17.4 Å². The van der Waals surface area contributed by atoms with Crippen molar-refractivity contribution in [2.45, 2.75) is 26.2 Å². The molecule has 0 aliphatic carbocycles. The smallest absolute Gasteiger partial charge is 0.354 e. The summed E-state index contributed by atoms with van der Waals surface area (Å²) in [7, 11) is 0. The summed E-state index contributed by atoms with van der Waals surface area (Å²) in [5.74, 6) is -1.01. The lowest BCUT2D eigenvalue weighted by molar-refractivity contribution is 0.0358. The van der Waals surface area contributed by atoms with Gasteiger partial charge < -0.3 is 14.6 Å². The molecule has 4 rings (SSSR count). The number of nitrogens with zero attached hydrogens (tertiary/aromatic N) is 4. The van der Waals surface area contributed by atoms with Gasteiger partial charge in [0.1, 0.15) is 11.6 Å². The number of morpholine rings is 1. The summed E-state index contributed by atoms with van der Waals surface area (Å²) in [6, 6.07) is 7.31. The molecule has 1 aliphatic rings. The molecule has 0 amide bonds. The fraction of sp³-hybridized carbons (Fsp3) is 0.435. The summed E-state index contributed by atoms with van der Waals surface area (Å²) in [5, 5.41) is 15.0. The Labute approximate surface area is 185 Å². The number of carbonyl (C=O) groups is 1. The highest BCUT2D eigenvalue weighted by Crippen LogP contribution is 2.34. The van der Waals surface area contributed by atoms with Crippen molar-refractivity contribution in [2.24, 2.45) is 0 Å². The number of benzene rings is 1. The van der Waals surface area contributed by atoms with Crippen LogP contribution in [0.5, 0.6) is 5.75 Å². The van der Waals surface area contributed by atoms with Crippen molar-refractivity contribution >= 4 is 17.0 Å². The summed E-state index contributed by atoms with van der Waals surface area (Å²) in [6.45, 7) is 8.63. The lowest BCUT2D eigenvalue weighted by Crippen LogP contribution is -2.37. The standard InChI is InChI=1S/C23H27FN4O4/c1-15(2)21-20-19(32-11-3-8-27-9-12-31-13-10-27)14-18(23(29)30)25-22(20)28(26-21)17-6-4-16(24)5-7-17/h4-7,14-15H,3,8-13H2,1-2H3,(H,29,30). The first-order valence-corrected chi connectivity index (χ1v) is 10.8. The van der Waals surface area contributed by atoms with Crippen LogP contribution in [0.1, 0.15) is 42.4 Å². The molecule has 1 N–H and O–H groups in total. The van der Waals surface area contributed by atoms with Gasteiger partial charge in [-0.15, -0.1) is 0 Å². The van der Waals surface area contributed by atoms with E-state index < -0.39 is 5.97 Å². The second-order valence-electron chi connectivity index (χ2n) is 8.09. The van der Waals surface area contributed by atoms with Crippen LogP contribution in [0, 0.1) is 5.82 Å². The van der Waals surface area contributed by atoms with Gasteiger partial charge in [0.05, 0.1) is 36.6 Å². The number of aromatic nitrogens is 3. The molecule has 0 spiro atoms. The summed E-state index contributed by atoms with van der Waals surface area (Å²) >= 11 is 0. The van der Waals surface area contributed by atoms with Crippen molar-refractivity contribution in [2.75, 3.05) is 39.5 Å². The van der Waals surface area contributed by atoms with E-state index in [0.717, 1.165) is 45.0 Å². The number of ether oxygens (including phenoxy) is 2. The van der Waals surface area contributed by atoms with Crippen molar-refractivity contribution in [3.05, 3.63) is 47.5 Å². The Morgan fingerprint density at radius 1 is 1.25 bits per heavy atom. The van der Waals surface area contributed by atoms with Gasteiger partial charge in [-0.2, -0.15) is 5.10 Å². The largest absolute Gasteiger partial charge is 0.493 e. The first-order valence-electron chi connectivity index (χ1n) is 10.8. The van der Waals surface area contributed by atoms with Gasteiger partial charge in [-0.3, -0.25) is 4.90 Å². The topological polar surface area (TPSA) is 89.7 Å². The predicted molar refractivity (Wildman–Crippen MR) is 117 cm³/mol. The van der Waals surface area contributed by atoms with Crippen LogP contribution in [0.25, 0.3) is 16.7 Å². The first-order chi connectivity index (χ1) is 15.4. The zero-order chi connectivity index (χ0) is 22.7. The zero-order valence-electron chi connectivity index (χ0n) is 18.3. The summed E-state index contributed by atoms with van der Waals surface area (Å²) in [6.07, 6.45) is 0.801. The second-order valence-corrected chi connectivity index (χ2v) is 8.09. The van der Waals surface area contributed by atoms with Crippen molar-refractivity contribution in [3.8, 4) is 11.4 Å². The molecule has 8 nitrogen and oxygen atoms in total. The number of hydrogen-bond donors (Lipinski definition) is 1. The van der Waals surface area contributed by atoms with Crippen LogP contribution in [0.15, 0.2) is 30.3 Å². The van der Waals surface area contributed by atoms with E-state index in [9.17, 15) is 14.3 Å². The van der Waals surface area contributed by atoms with Gasteiger partial charge >= 0.3 is 5.97 Å². The second kappa shape index (κ2) is 9.62. The lowest BCUT2D eigenvalue weighted by Gasteiger charge is -2.26. The zero-order valence-corrected chi connectivity index (χ0v) is 18.3. The highest BCUT2D eigenvalue weighted by molar-refractivity contribution is 5.94. The third-order valence-corrected chi connectivity index (χ3v) is 5.45. The molecule has 1 aromatic carbocycles. The SMILES string of the molecule is CC(C)c1nn(-c2ccc(F)cc2)c2nc(C(=O)O)cc(OCCCN3CCOCC3)c12. The average Bonchev–Trinajstić information content (AvgIpc) is 3.18. The molecule has 3 aromatic rings. The van der Waals surface area contributed by atoms with Crippen molar-refractivity contribution < 1.29 is 23.8 Å². The molecular weight excluding hydrogens is 415 g/mol. The predicted octanol–water partition coefficient (Wildman–Crippen LogP) is 3.48. The molecule has 1 fully saturated rings. The Morgan fingerprint density at radius 2 is 1.97 bits per heavy atom. The van der Waals surface area contributed by atoms with Crippen LogP contribution in [0.3, 0.4) is 0 Å². The Kier molecular flexibility index (Phi) is 6.66. The Bertz CT molecular complexity index is 1090. The number of carboxylic acids is 1. The number of halogens is 1. The summed E-state index contributed by atoms with van der Waals surface area (Å²) in [4.78, 5) is 18.4. The van der Waals surface area contributed by atoms with Crippen LogP contribution in [0.2, 0.25) is 0 Å².